The number of hydrogen-bond acceptors (Lipinski definition) is 2. The Bertz CT molecular complexity index is 837. The molecule has 19 heavy (non-hydrogen) atoms. The van der Waals surface area contributed by atoms with Gasteiger partial charge in [-0.15, -0.1) is 6.42 Å². The van der Waals surface area contributed by atoms with Crippen molar-refractivity contribution in [3.05, 3.63) is 70.6 Å². The fourth-order valence-corrected chi connectivity index (χ4v) is 2.19. The third kappa shape index (κ3) is 1.82. The summed E-state index contributed by atoms with van der Waals surface area (Å²) in [4.78, 5) is 11.9. The fraction of sp³-hybridized carbons (Fsp3) is 0. The number of rotatable bonds is 1. The minimum Gasteiger partial charge on any atom is -0.422 e. The van der Waals surface area contributed by atoms with Crippen LogP contribution in [-0.2, 0) is 0 Å². The first-order valence-electron chi connectivity index (χ1n) is 5.89. The van der Waals surface area contributed by atoms with E-state index in [1.54, 1.807) is 6.07 Å². The molecule has 1 heterocycles. The standard InChI is InChI=1S/C17H10O2/c1-2-13-16(12-8-4-3-5-9-12)14-10-6-7-11-15(14)19-17(13)18/h1,3-11H. The largest absolute Gasteiger partial charge is 0.422 e. The smallest absolute Gasteiger partial charge is 0.352 e. The second-order valence-corrected chi connectivity index (χ2v) is 4.15. The molecule has 0 aliphatic carbocycles. The van der Waals surface area contributed by atoms with Crippen molar-refractivity contribution in [1.82, 2.24) is 0 Å². The van der Waals surface area contributed by atoms with Gasteiger partial charge in [0.2, 0.25) is 0 Å². The molecule has 0 atom stereocenters. The average molecular weight is 246 g/mol. The van der Waals surface area contributed by atoms with E-state index in [0.717, 1.165) is 16.5 Å². The summed E-state index contributed by atoms with van der Waals surface area (Å²) in [6.45, 7) is 0. The van der Waals surface area contributed by atoms with Crippen LogP contribution in [0.15, 0.2) is 63.8 Å². The Hall–Kier alpha value is -2.79. The molecule has 0 radical (unpaired) electrons. The van der Waals surface area contributed by atoms with Gasteiger partial charge in [0.1, 0.15) is 11.1 Å². The summed E-state index contributed by atoms with van der Waals surface area (Å²) in [5.74, 6) is 2.45. The van der Waals surface area contributed by atoms with Crippen molar-refractivity contribution in [2.24, 2.45) is 0 Å². The third-order valence-corrected chi connectivity index (χ3v) is 3.02. The van der Waals surface area contributed by atoms with Gasteiger partial charge < -0.3 is 4.42 Å². The van der Waals surface area contributed by atoms with Gasteiger partial charge in [0.25, 0.3) is 0 Å². The Morgan fingerprint density at radius 1 is 0.947 bits per heavy atom. The van der Waals surface area contributed by atoms with Crippen molar-refractivity contribution in [2.45, 2.75) is 0 Å². The quantitative estimate of drug-likeness (QED) is 0.486. The van der Waals surface area contributed by atoms with Crippen LogP contribution in [0.3, 0.4) is 0 Å². The summed E-state index contributed by atoms with van der Waals surface area (Å²) in [5, 5.41) is 0.848. The Morgan fingerprint density at radius 2 is 1.63 bits per heavy atom. The van der Waals surface area contributed by atoms with Gasteiger partial charge >= 0.3 is 5.63 Å². The molecule has 90 valence electrons. The molecule has 0 unspecified atom stereocenters. The van der Waals surface area contributed by atoms with Crippen LogP contribution >= 0.6 is 0 Å². The van der Waals surface area contributed by atoms with Crippen molar-refractivity contribution in [1.29, 1.82) is 0 Å². The van der Waals surface area contributed by atoms with Crippen molar-refractivity contribution in [3.8, 4) is 23.5 Å². The number of benzene rings is 2. The summed E-state index contributed by atoms with van der Waals surface area (Å²) in [5.41, 5.74) is 2.02. The maximum atomic E-state index is 11.9. The number of para-hydroxylation sites is 1. The van der Waals surface area contributed by atoms with Crippen LogP contribution in [0.1, 0.15) is 5.56 Å². The first-order valence-corrected chi connectivity index (χ1v) is 5.89. The van der Waals surface area contributed by atoms with Crippen LogP contribution in [-0.4, -0.2) is 0 Å². The normalized spacial score (nSPS) is 10.3. The summed E-state index contributed by atoms with van der Waals surface area (Å²) < 4.78 is 5.25. The highest BCUT2D eigenvalue weighted by atomic mass is 16.4. The first kappa shape index (κ1) is 11.3. The number of terminal acetylenes is 1. The molecule has 0 amide bonds. The molecular weight excluding hydrogens is 236 g/mol. The van der Waals surface area contributed by atoms with Gasteiger partial charge in [-0.25, -0.2) is 4.79 Å². The van der Waals surface area contributed by atoms with E-state index in [2.05, 4.69) is 5.92 Å². The van der Waals surface area contributed by atoms with E-state index in [1.165, 1.54) is 0 Å². The second kappa shape index (κ2) is 4.47. The molecule has 0 aliphatic rings. The Morgan fingerprint density at radius 3 is 2.37 bits per heavy atom. The topological polar surface area (TPSA) is 30.2 Å². The minimum atomic E-state index is -0.472. The zero-order valence-corrected chi connectivity index (χ0v) is 10.1. The number of hydrogen-bond donors (Lipinski definition) is 0. The highest BCUT2D eigenvalue weighted by Crippen LogP contribution is 2.29. The van der Waals surface area contributed by atoms with E-state index >= 15 is 0 Å². The van der Waals surface area contributed by atoms with Crippen LogP contribution in [0, 0.1) is 12.3 Å². The Kier molecular flexibility index (Phi) is 2.66. The summed E-state index contributed by atoms with van der Waals surface area (Å²) in [6, 6.07) is 17.0. The van der Waals surface area contributed by atoms with E-state index in [1.807, 2.05) is 48.5 Å². The third-order valence-electron chi connectivity index (χ3n) is 3.02. The monoisotopic (exact) mass is 246 g/mol. The maximum absolute atomic E-state index is 11.9. The van der Waals surface area contributed by atoms with Gasteiger partial charge in [-0.2, -0.15) is 0 Å². The highest BCUT2D eigenvalue weighted by molar-refractivity contribution is 5.96. The zero-order chi connectivity index (χ0) is 13.2. The van der Waals surface area contributed by atoms with E-state index in [-0.39, 0.29) is 5.56 Å². The van der Waals surface area contributed by atoms with Gasteiger partial charge in [-0.3, -0.25) is 0 Å². The van der Waals surface area contributed by atoms with Gasteiger partial charge in [0.15, 0.2) is 0 Å². The van der Waals surface area contributed by atoms with Crippen LogP contribution in [0.2, 0.25) is 0 Å². The molecule has 2 nitrogen and oxygen atoms in total. The molecule has 0 aliphatic heterocycles. The lowest BCUT2D eigenvalue weighted by Crippen LogP contribution is -2.06. The minimum absolute atomic E-state index is 0.268. The molecule has 3 rings (SSSR count). The van der Waals surface area contributed by atoms with Crippen LogP contribution < -0.4 is 5.63 Å². The molecule has 0 saturated carbocycles. The summed E-state index contributed by atoms with van der Waals surface area (Å²) >= 11 is 0. The predicted molar refractivity (Wildman–Crippen MR) is 75.9 cm³/mol. The lowest BCUT2D eigenvalue weighted by molar-refractivity contribution is 0.559. The maximum Gasteiger partial charge on any atom is 0.352 e. The van der Waals surface area contributed by atoms with Gasteiger partial charge in [-0.05, 0) is 11.6 Å². The van der Waals surface area contributed by atoms with Crippen LogP contribution in [0.25, 0.3) is 22.1 Å². The number of fused-ring (bicyclic) bond motifs is 1. The van der Waals surface area contributed by atoms with E-state index in [0.29, 0.717) is 5.58 Å². The molecular formula is C17H10O2. The van der Waals surface area contributed by atoms with Gasteiger partial charge in [0, 0.05) is 10.9 Å². The molecule has 2 aromatic carbocycles. The molecule has 0 bridgehead atoms. The predicted octanol–water partition coefficient (Wildman–Crippen LogP) is 3.44. The first-order chi connectivity index (χ1) is 9.31. The molecule has 0 fully saturated rings. The van der Waals surface area contributed by atoms with E-state index < -0.39 is 5.63 Å². The van der Waals surface area contributed by atoms with Crippen LogP contribution in [0.4, 0.5) is 0 Å². The average Bonchev–Trinajstić information content (AvgIpc) is 2.46. The zero-order valence-electron chi connectivity index (χ0n) is 10.1. The second-order valence-electron chi connectivity index (χ2n) is 4.15. The highest BCUT2D eigenvalue weighted by Gasteiger charge is 2.13. The van der Waals surface area contributed by atoms with Crippen molar-refractivity contribution < 1.29 is 4.42 Å². The van der Waals surface area contributed by atoms with Crippen LogP contribution in [0.5, 0.6) is 0 Å². The molecule has 0 spiro atoms. The van der Waals surface area contributed by atoms with Crippen molar-refractivity contribution in [2.75, 3.05) is 0 Å². The molecule has 2 heteroatoms. The molecule has 0 saturated heterocycles. The lowest BCUT2D eigenvalue weighted by atomic mass is 9.97. The molecule has 3 aromatic rings. The van der Waals surface area contributed by atoms with Gasteiger partial charge in [-0.1, -0.05) is 54.5 Å². The van der Waals surface area contributed by atoms with Gasteiger partial charge in [0.05, 0.1) is 0 Å². The van der Waals surface area contributed by atoms with E-state index in [9.17, 15) is 4.79 Å². The van der Waals surface area contributed by atoms with Crippen molar-refractivity contribution >= 4 is 11.0 Å². The summed E-state index contributed by atoms with van der Waals surface area (Å²) in [7, 11) is 0. The molecule has 1 aromatic heterocycles. The molecule has 0 N–H and O–H groups in total. The van der Waals surface area contributed by atoms with Crippen molar-refractivity contribution in [3.63, 3.8) is 0 Å². The van der Waals surface area contributed by atoms with E-state index in [4.69, 9.17) is 10.8 Å². The Balaban J connectivity index is 2.52. The Labute approximate surface area is 110 Å². The lowest BCUT2D eigenvalue weighted by Gasteiger charge is -2.08. The SMILES string of the molecule is C#Cc1c(-c2ccccc2)c2ccccc2oc1=O. The fourth-order valence-electron chi connectivity index (χ4n) is 2.19. The summed E-state index contributed by atoms with van der Waals surface area (Å²) in [6.07, 6.45) is 5.47.